The number of benzene rings is 1. The zero-order chi connectivity index (χ0) is 13.4. The molecule has 0 bridgehead atoms. The molecule has 2 N–H and O–H groups in total. The van der Waals surface area contributed by atoms with Gasteiger partial charge < -0.3 is 10.6 Å². The standard InChI is InChI=1S/C15H19BrN2O/c16-11-5-3-10(4-6-11)13-8-14(13)15(19)18-7-1-2-12(18)9-17/h3-6,12-14H,1-2,7-9,17H2. The third-order valence-electron chi connectivity index (χ3n) is 4.34. The first kappa shape index (κ1) is 13.1. The van der Waals surface area contributed by atoms with Gasteiger partial charge in [0, 0.05) is 29.5 Å². The molecule has 102 valence electrons. The maximum absolute atomic E-state index is 12.5. The van der Waals surface area contributed by atoms with Crippen molar-refractivity contribution in [3.63, 3.8) is 0 Å². The van der Waals surface area contributed by atoms with Crippen molar-refractivity contribution >= 4 is 21.8 Å². The summed E-state index contributed by atoms with van der Waals surface area (Å²) in [4.78, 5) is 14.5. The Morgan fingerprint density at radius 2 is 2.11 bits per heavy atom. The first-order valence-corrected chi connectivity index (χ1v) is 7.76. The number of rotatable bonds is 3. The lowest BCUT2D eigenvalue weighted by Gasteiger charge is -2.23. The highest BCUT2D eigenvalue weighted by atomic mass is 79.9. The molecule has 1 saturated heterocycles. The molecule has 1 heterocycles. The summed E-state index contributed by atoms with van der Waals surface area (Å²) in [5.74, 6) is 0.925. The summed E-state index contributed by atoms with van der Waals surface area (Å²) in [7, 11) is 0. The van der Waals surface area contributed by atoms with E-state index in [1.165, 1.54) is 5.56 Å². The third kappa shape index (κ3) is 2.56. The Kier molecular flexibility index (Phi) is 3.63. The quantitative estimate of drug-likeness (QED) is 0.929. The van der Waals surface area contributed by atoms with Crippen LogP contribution >= 0.6 is 15.9 Å². The summed E-state index contributed by atoms with van der Waals surface area (Å²) in [6.07, 6.45) is 3.16. The van der Waals surface area contributed by atoms with Gasteiger partial charge in [-0.15, -0.1) is 0 Å². The average Bonchev–Trinajstić information content (AvgIpc) is 3.07. The Morgan fingerprint density at radius 3 is 2.79 bits per heavy atom. The predicted octanol–water partition coefficient (Wildman–Crippen LogP) is 2.50. The minimum Gasteiger partial charge on any atom is -0.338 e. The Bertz CT molecular complexity index is 474. The van der Waals surface area contributed by atoms with Crippen molar-refractivity contribution < 1.29 is 4.79 Å². The van der Waals surface area contributed by atoms with E-state index in [0.717, 1.165) is 30.3 Å². The lowest BCUT2D eigenvalue weighted by Crippen LogP contribution is -2.40. The van der Waals surface area contributed by atoms with Gasteiger partial charge in [-0.05, 0) is 42.9 Å². The number of likely N-dealkylation sites (tertiary alicyclic amines) is 1. The Balaban J connectivity index is 1.66. The zero-order valence-electron chi connectivity index (χ0n) is 10.9. The summed E-state index contributed by atoms with van der Waals surface area (Å²) in [6.45, 7) is 1.49. The summed E-state index contributed by atoms with van der Waals surface area (Å²) < 4.78 is 1.09. The van der Waals surface area contributed by atoms with Gasteiger partial charge in [-0.1, -0.05) is 28.1 Å². The molecule has 3 nitrogen and oxygen atoms in total. The normalized spacial score (nSPS) is 29.6. The topological polar surface area (TPSA) is 46.3 Å². The molecule has 1 aliphatic heterocycles. The molecule has 1 amide bonds. The van der Waals surface area contributed by atoms with Gasteiger partial charge in [0.15, 0.2) is 0 Å². The van der Waals surface area contributed by atoms with Gasteiger partial charge >= 0.3 is 0 Å². The minimum absolute atomic E-state index is 0.188. The van der Waals surface area contributed by atoms with E-state index in [0.29, 0.717) is 18.4 Å². The van der Waals surface area contributed by atoms with Crippen LogP contribution < -0.4 is 5.73 Å². The molecule has 4 heteroatoms. The molecule has 2 fully saturated rings. The Labute approximate surface area is 122 Å². The number of hydrogen-bond acceptors (Lipinski definition) is 2. The Hall–Kier alpha value is -0.870. The van der Waals surface area contributed by atoms with E-state index >= 15 is 0 Å². The fraction of sp³-hybridized carbons (Fsp3) is 0.533. The van der Waals surface area contributed by atoms with Crippen LogP contribution in [-0.2, 0) is 4.79 Å². The highest BCUT2D eigenvalue weighted by Gasteiger charge is 2.47. The van der Waals surface area contributed by atoms with E-state index in [-0.39, 0.29) is 12.0 Å². The van der Waals surface area contributed by atoms with Gasteiger partial charge in [-0.3, -0.25) is 4.79 Å². The van der Waals surface area contributed by atoms with Crippen LogP contribution in [0.3, 0.4) is 0 Å². The number of nitrogens with two attached hydrogens (primary N) is 1. The fourth-order valence-electron chi connectivity index (χ4n) is 3.13. The van der Waals surface area contributed by atoms with E-state index in [1.54, 1.807) is 0 Å². The van der Waals surface area contributed by atoms with Crippen molar-refractivity contribution in [2.24, 2.45) is 11.7 Å². The summed E-state index contributed by atoms with van der Waals surface area (Å²) in [5, 5.41) is 0. The number of carbonyl (C=O) groups excluding carboxylic acids is 1. The molecular weight excluding hydrogens is 304 g/mol. The van der Waals surface area contributed by atoms with Gasteiger partial charge in [-0.2, -0.15) is 0 Å². The van der Waals surface area contributed by atoms with Gasteiger partial charge in [0.25, 0.3) is 0 Å². The molecule has 3 rings (SSSR count). The highest BCUT2D eigenvalue weighted by molar-refractivity contribution is 9.10. The van der Waals surface area contributed by atoms with Crippen LogP contribution in [-0.4, -0.2) is 29.9 Å². The highest BCUT2D eigenvalue weighted by Crippen LogP contribution is 2.49. The van der Waals surface area contributed by atoms with Crippen molar-refractivity contribution in [2.45, 2.75) is 31.2 Å². The molecule has 19 heavy (non-hydrogen) atoms. The molecule has 0 spiro atoms. The van der Waals surface area contributed by atoms with Crippen molar-refractivity contribution in [2.75, 3.05) is 13.1 Å². The van der Waals surface area contributed by atoms with Crippen molar-refractivity contribution in [1.82, 2.24) is 4.90 Å². The van der Waals surface area contributed by atoms with Crippen LogP contribution in [0.4, 0.5) is 0 Å². The second-order valence-corrected chi connectivity index (χ2v) is 6.48. The van der Waals surface area contributed by atoms with Crippen LogP contribution in [0.5, 0.6) is 0 Å². The van der Waals surface area contributed by atoms with Crippen LogP contribution in [0.25, 0.3) is 0 Å². The zero-order valence-corrected chi connectivity index (χ0v) is 12.5. The van der Waals surface area contributed by atoms with E-state index in [9.17, 15) is 4.79 Å². The molecule has 0 aromatic heterocycles. The number of nitrogens with zero attached hydrogens (tertiary/aromatic N) is 1. The molecule has 3 unspecified atom stereocenters. The lowest BCUT2D eigenvalue weighted by molar-refractivity contribution is -0.133. The molecule has 1 aromatic rings. The van der Waals surface area contributed by atoms with Crippen LogP contribution in [0.15, 0.2) is 28.7 Å². The summed E-state index contributed by atoms with van der Waals surface area (Å²) in [5.41, 5.74) is 7.03. The first-order valence-electron chi connectivity index (χ1n) is 6.96. The van der Waals surface area contributed by atoms with E-state index in [2.05, 4.69) is 28.1 Å². The fourth-order valence-corrected chi connectivity index (χ4v) is 3.39. The van der Waals surface area contributed by atoms with Crippen LogP contribution in [0.2, 0.25) is 0 Å². The number of halogens is 1. The molecule has 3 atom stereocenters. The van der Waals surface area contributed by atoms with Gasteiger partial charge in [0.1, 0.15) is 0 Å². The number of amides is 1. The minimum atomic E-state index is 0.188. The van der Waals surface area contributed by atoms with Crippen molar-refractivity contribution in [3.05, 3.63) is 34.3 Å². The Morgan fingerprint density at radius 1 is 1.37 bits per heavy atom. The van der Waals surface area contributed by atoms with Crippen LogP contribution in [0, 0.1) is 5.92 Å². The smallest absolute Gasteiger partial charge is 0.226 e. The molecule has 1 aliphatic carbocycles. The van der Waals surface area contributed by atoms with E-state index in [1.807, 2.05) is 17.0 Å². The van der Waals surface area contributed by atoms with Crippen molar-refractivity contribution in [3.8, 4) is 0 Å². The van der Waals surface area contributed by atoms with Gasteiger partial charge in [-0.25, -0.2) is 0 Å². The maximum atomic E-state index is 12.5. The van der Waals surface area contributed by atoms with Crippen molar-refractivity contribution in [1.29, 1.82) is 0 Å². The predicted molar refractivity (Wildman–Crippen MR) is 78.8 cm³/mol. The second kappa shape index (κ2) is 5.25. The number of carbonyl (C=O) groups is 1. The molecule has 2 aliphatic rings. The van der Waals surface area contributed by atoms with E-state index in [4.69, 9.17) is 5.73 Å². The molecule has 0 radical (unpaired) electrons. The average molecular weight is 323 g/mol. The van der Waals surface area contributed by atoms with Gasteiger partial charge in [0.2, 0.25) is 5.91 Å². The van der Waals surface area contributed by atoms with Crippen LogP contribution in [0.1, 0.15) is 30.7 Å². The monoisotopic (exact) mass is 322 g/mol. The third-order valence-corrected chi connectivity index (χ3v) is 4.87. The molecular formula is C15H19BrN2O. The molecule has 1 saturated carbocycles. The molecule has 1 aromatic carbocycles. The van der Waals surface area contributed by atoms with Gasteiger partial charge in [0.05, 0.1) is 0 Å². The second-order valence-electron chi connectivity index (χ2n) is 5.56. The first-order chi connectivity index (χ1) is 9.20. The number of hydrogen-bond donors (Lipinski definition) is 1. The SMILES string of the molecule is NCC1CCCN1C(=O)C1CC1c1ccc(Br)cc1. The van der Waals surface area contributed by atoms with E-state index < -0.39 is 0 Å². The summed E-state index contributed by atoms with van der Waals surface area (Å²) >= 11 is 3.44. The lowest BCUT2D eigenvalue weighted by atomic mass is 10.1. The summed E-state index contributed by atoms with van der Waals surface area (Å²) in [6, 6.07) is 8.61. The maximum Gasteiger partial charge on any atom is 0.226 e. The largest absolute Gasteiger partial charge is 0.338 e.